The van der Waals surface area contributed by atoms with Gasteiger partial charge >= 0.3 is 5.51 Å². The first kappa shape index (κ1) is 10.2. The summed E-state index contributed by atoms with van der Waals surface area (Å²) < 4.78 is 34.8. The molecule has 12 heavy (non-hydrogen) atoms. The van der Waals surface area contributed by atoms with Crippen LogP contribution in [-0.4, -0.2) is 23.8 Å². The number of hydrogen-bond donors (Lipinski definition) is 1. The van der Waals surface area contributed by atoms with E-state index in [4.69, 9.17) is 0 Å². The summed E-state index contributed by atoms with van der Waals surface area (Å²) in [5.74, 6) is 0.125. The smallest absolute Gasteiger partial charge is 0.313 e. The molecule has 0 atom stereocenters. The third-order valence-electron chi connectivity index (χ3n) is 1.91. The zero-order chi connectivity index (χ0) is 9.03. The summed E-state index contributed by atoms with van der Waals surface area (Å²) in [5.41, 5.74) is -4.07. The van der Waals surface area contributed by atoms with Crippen molar-refractivity contribution in [1.29, 1.82) is 0 Å². The Labute approximate surface area is 74.1 Å². The van der Waals surface area contributed by atoms with Crippen LogP contribution in [0.15, 0.2) is 0 Å². The molecule has 1 fully saturated rings. The van der Waals surface area contributed by atoms with Gasteiger partial charge < -0.3 is 5.32 Å². The number of halogens is 3. The van der Waals surface area contributed by atoms with Gasteiger partial charge in [-0.2, -0.15) is 13.2 Å². The number of alkyl halides is 3. The Morgan fingerprint density at radius 2 is 2.00 bits per heavy atom. The summed E-state index contributed by atoms with van der Waals surface area (Å²) in [6.07, 6.45) is 3.46. The lowest BCUT2D eigenvalue weighted by atomic mass is 9.93. The molecule has 0 aromatic rings. The van der Waals surface area contributed by atoms with Crippen molar-refractivity contribution >= 4 is 11.8 Å². The first-order chi connectivity index (χ1) is 5.58. The molecule has 1 aliphatic rings. The Balaban J connectivity index is 1.88. The normalized spacial score (nSPS) is 19.2. The second-order valence-electron chi connectivity index (χ2n) is 2.88. The molecule has 5 heteroatoms. The van der Waals surface area contributed by atoms with Crippen molar-refractivity contribution in [2.45, 2.75) is 30.8 Å². The van der Waals surface area contributed by atoms with Crippen LogP contribution in [0.4, 0.5) is 13.2 Å². The first-order valence-electron chi connectivity index (χ1n) is 4.02. The SMILES string of the molecule is FC(F)(F)SCCNC1CCC1. The van der Waals surface area contributed by atoms with E-state index in [0.717, 1.165) is 12.8 Å². The molecule has 0 aromatic carbocycles. The van der Waals surface area contributed by atoms with Crippen molar-refractivity contribution in [3.8, 4) is 0 Å². The van der Waals surface area contributed by atoms with E-state index in [9.17, 15) is 13.2 Å². The predicted octanol–water partition coefficient (Wildman–Crippen LogP) is 2.38. The van der Waals surface area contributed by atoms with Crippen molar-refractivity contribution in [2.75, 3.05) is 12.3 Å². The number of thioether (sulfide) groups is 1. The highest BCUT2D eigenvalue weighted by atomic mass is 32.2. The standard InChI is InChI=1S/C7H12F3NS/c8-7(9,10)12-5-4-11-6-2-1-3-6/h6,11H,1-5H2. The van der Waals surface area contributed by atoms with E-state index < -0.39 is 5.51 Å². The second-order valence-corrected chi connectivity index (χ2v) is 4.04. The lowest BCUT2D eigenvalue weighted by molar-refractivity contribution is -0.0327. The quantitative estimate of drug-likeness (QED) is 0.698. The lowest BCUT2D eigenvalue weighted by Crippen LogP contribution is -2.36. The molecule has 0 bridgehead atoms. The molecular formula is C7H12F3NS. The van der Waals surface area contributed by atoms with Crippen molar-refractivity contribution in [3.05, 3.63) is 0 Å². The van der Waals surface area contributed by atoms with Gasteiger partial charge in [-0.3, -0.25) is 0 Å². The average molecular weight is 199 g/mol. The predicted molar refractivity (Wildman–Crippen MR) is 44.2 cm³/mol. The van der Waals surface area contributed by atoms with Gasteiger partial charge in [-0.15, -0.1) is 0 Å². The van der Waals surface area contributed by atoms with Crippen molar-refractivity contribution in [2.24, 2.45) is 0 Å². The molecule has 1 saturated carbocycles. The summed E-state index contributed by atoms with van der Waals surface area (Å²) in [6.45, 7) is 0.467. The van der Waals surface area contributed by atoms with Gasteiger partial charge in [-0.1, -0.05) is 6.42 Å². The zero-order valence-corrected chi connectivity index (χ0v) is 7.47. The number of hydrogen-bond acceptors (Lipinski definition) is 2. The minimum absolute atomic E-state index is 0.0476. The molecule has 1 N–H and O–H groups in total. The molecule has 0 radical (unpaired) electrons. The molecule has 0 aromatic heterocycles. The van der Waals surface area contributed by atoms with Gasteiger partial charge in [0.15, 0.2) is 0 Å². The highest BCUT2D eigenvalue weighted by Gasteiger charge is 2.27. The maximum atomic E-state index is 11.6. The van der Waals surface area contributed by atoms with E-state index in [1.165, 1.54) is 6.42 Å². The monoisotopic (exact) mass is 199 g/mol. The summed E-state index contributed by atoms with van der Waals surface area (Å²) in [4.78, 5) is 0. The molecule has 72 valence electrons. The highest BCUT2D eigenvalue weighted by Crippen LogP contribution is 2.29. The minimum atomic E-state index is -4.07. The summed E-state index contributed by atoms with van der Waals surface area (Å²) in [6, 6.07) is 0.485. The molecule has 0 aliphatic heterocycles. The van der Waals surface area contributed by atoms with Crippen molar-refractivity contribution < 1.29 is 13.2 Å². The van der Waals surface area contributed by atoms with Crippen LogP contribution in [0, 0.1) is 0 Å². The fourth-order valence-electron chi connectivity index (χ4n) is 1.04. The van der Waals surface area contributed by atoms with Crippen LogP contribution in [0.25, 0.3) is 0 Å². The van der Waals surface area contributed by atoms with Crippen molar-refractivity contribution in [1.82, 2.24) is 5.32 Å². The summed E-state index contributed by atoms with van der Waals surface area (Å²) >= 11 is 0.0476. The van der Waals surface area contributed by atoms with Crippen LogP contribution in [0.2, 0.25) is 0 Å². The Morgan fingerprint density at radius 1 is 1.33 bits per heavy atom. The Bertz CT molecular complexity index is 133. The molecule has 0 spiro atoms. The minimum Gasteiger partial charge on any atom is -0.313 e. The van der Waals surface area contributed by atoms with Crippen LogP contribution < -0.4 is 5.32 Å². The van der Waals surface area contributed by atoms with E-state index in [-0.39, 0.29) is 17.5 Å². The highest BCUT2D eigenvalue weighted by molar-refractivity contribution is 8.00. The van der Waals surface area contributed by atoms with Crippen LogP contribution in [0.3, 0.4) is 0 Å². The maximum Gasteiger partial charge on any atom is 0.441 e. The van der Waals surface area contributed by atoms with E-state index >= 15 is 0 Å². The van der Waals surface area contributed by atoms with Crippen LogP contribution in [-0.2, 0) is 0 Å². The van der Waals surface area contributed by atoms with E-state index in [1.54, 1.807) is 0 Å². The second kappa shape index (κ2) is 4.37. The topological polar surface area (TPSA) is 12.0 Å². The molecule has 0 unspecified atom stereocenters. The third-order valence-corrected chi connectivity index (χ3v) is 2.64. The first-order valence-corrected chi connectivity index (χ1v) is 5.00. The average Bonchev–Trinajstić information content (AvgIpc) is 1.80. The zero-order valence-electron chi connectivity index (χ0n) is 6.66. The van der Waals surface area contributed by atoms with Gasteiger partial charge in [-0.05, 0) is 24.6 Å². The Morgan fingerprint density at radius 3 is 2.42 bits per heavy atom. The summed E-state index contributed by atoms with van der Waals surface area (Å²) in [5, 5.41) is 3.07. The Hall–Kier alpha value is 0.1000. The summed E-state index contributed by atoms with van der Waals surface area (Å²) in [7, 11) is 0. The molecule has 0 amide bonds. The largest absolute Gasteiger partial charge is 0.441 e. The fraction of sp³-hybridized carbons (Fsp3) is 1.00. The number of rotatable bonds is 4. The van der Waals surface area contributed by atoms with E-state index in [1.807, 2.05) is 0 Å². The molecule has 1 rings (SSSR count). The third kappa shape index (κ3) is 4.21. The van der Waals surface area contributed by atoms with Gasteiger partial charge in [0.2, 0.25) is 0 Å². The lowest BCUT2D eigenvalue weighted by Gasteiger charge is -2.26. The van der Waals surface area contributed by atoms with Crippen LogP contribution >= 0.6 is 11.8 Å². The van der Waals surface area contributed by atoms with Crippen LogP contribution in [0.1, 0.15) is 19.3 Å². The van der Waals surface area contributed by atoms with Gasteiger partial charge in [0.1, 0.15) is 0 Å². The fourth-order valence-corrected chi connectivity index (χ4v) is 1.49. The number of nitrogens with one attached hydrogen (secondary N) is 1. The Kier molecular flexibility index (Phi) is 3.71. The van der Waals surface area contributed by atoms with Gasteiger partial charge in [0.05, 0.1) is 0 Å². The van der Waals surface area contributed by atoms with Gasteiger partial charge in [-0.25, -0.2) is 0 Å². The van der Waals surface area contributed by atoms with Gasteiger partial charge in [0, 0.05) is 18.3 Å². The van der Waals surface area contributed by atoms with E-state index in [0.29, 0.717) is 12.6 Å². The molecular weight excluding hydrogens is 187 g/mol. The molecule has 1 nitrogen and oxygen atoms in total. The van der Waals surface area contributed by atoms with Gasteiger partial charge in [0.25, 0.3) is 0 Å². The van der Waals surface area contributed by atoms with Crippen molar-refractivity contribution in [3.63, 3.8) is 0 Å². The van der Waals surface area contributed by atoms with Crippen LogP contribution in [0.5, 0.6) is 0 Å². The molecule has 1 aliphatic carbocycles. The molecule has 0 saturated heterocycles. The van der Waals surface area contributed by atoms with E-state index in [2.05, 4.69) is 5.32 Å². The maximum absolute atomic E-state index is 11.6. The molecule has 0 heterocycles.